The van der Waals surface area contributed by atoms with Crippen molar-refractivity contribution in [2.24, 2.45) is 0 Å². The molecule has 20 heavy (non-hydrogen) atoms. The van der Waals surface area contributed by atoms with Crippen molar-refractivity contribution in [3.8, 4) is 11.1 Å². The summed E-state index contributed by atoms with van der Waals surface area (Å²) in [6, 6.07) is 12.7. The molecule has 0 saturated heterocycles. The molecule has 0 aliphatic carbocycles. The third-order valence-corrected chi connectivity index (χ3v) is 3.87. The van der Waals surface area contributed by atoms with Crippen LogP contribution in [-0.4, -0.2) is 6.54 Å². The Kier molecular flexibility index (Phi) is 5.22. The van der Waals surface area contributed by atoms with Crippen LogP contribution in [0.4, 0.5) is 0 Å². The van der Waals surface area contributed by atoms with E-state index >= 15 is 0 Å². The second-order valence-corrected chi connectivity index (χ2v) is 5.71. The lowest BCUT2D eigenvalue weighted by Crippen LogP contribution is -2.14. The molecule has 0 fully saturated rings. The predicted octanol–water partition coefficient (Wildman–Crippen LogP) is 5.12. The minimum atomic E-state index is 0.789. The van der Waals surface area contributed by atoms with Gasteiger partial charge in [-0.05, 0) is 66.8 Å². The van der Waals surface area contributed by atoms with Crippen LogP contribution in [0.15, 0.2) is 36.4 Å². The van der Waals surface area contributed by atoms with Crippen LogP contribution in [0.3, 0.4) is 0 Å². The van der Waals surface area contributed by atoms with E-state index in [0.29, 0.717) is 0 Å². The van der Waals surface area contributed by atoms with E-state index in [4.69, 9.17) is 11.6 Å². The number of rotatable bonds is 5. The van der Waals surface area contributed by atoms with Gasteiger partial charge in [0.15, 0.2) is 0 Å². The van der Waals surface area contributed by atoms with Gasteiger partial charge in [-0.2, -0.15) is 0 Å². The number of aryl methyl sites for hydroxylation is 2. The number of nitrogens with one attached hydrogen (secondary N) is 1. The fraction of sp³-hybridized carbons (Fsp3) is 0.333. The summed E-state index contributed by atoms with van der Waals surface area (Å²) in [5, 5.41) is 4.25. The molecule has 2 rings (SSSR count). The first kappa shape index (κ1) is 15.1. The average Bonchev–Trinajstić information content (AvgIpc) is 2.44. The number of hydrogen-bond acceptors (Lipinski definition) is 1. The fourth-order valence-electron chi connectivity index (χ4n) is 2.28. The Balaban J connectivity index is 2.37. The van der Waals surface area contributed by atoms with E-state index in [1.54, 1.807) is 0 Å². The molecule has 0 aromatic heterocycles. The summed E-state index contributed by atoms with van der Waals surface area (Å²) in [4.78, 5) is 0. The van der Waals surface area contributed by atoms with Crippen molar-refractivity contribution in [1.29, 1.82) is 0 Å². The van der Waals surface area contributed by atoms with Crippen LogP contribution in [0.5, 0.6) is 0 Å². The van der Waals surface area contributed by atoms with Crippen molar-refractivity contribution in [3.63, 3.8) is 0 Å². The molecule has 0 atom stereocenters. The lowest BCUT2D eigenvalue weighted by molar-refractivity contribution is 0.676. The third kappa shape index (κ3) is 3.62. The summed E-state index contributed by atoms with van der Waals surface area (Å²) < 4.78 is 0. The molecule has 0 aliphatic rings. The molecule has 0 radical (unpaired) electrons. The zero-order valence-electron chi connectivity index (χ0n) is 12.5. The normalized spacial score (nSPS) is 10.8. The first-order chi connectivity index (χ1) is 9.61. The lowest BCUT2D eigenvalue weighted by atomic mass is 9.96. The Morgan fingerprint density at radius 2 is 1.80 bits per heavy atom. The molecule has 2 aromatic carbocycles. The molecular formula is C18H22ClN. The van der Waals surface area contributed by atoms with Gasteiger partial charge in [-0.15, -0.1) is 0 Å². The van der Waals surface area contributed by atoms with Crippen molar-refractivity contribution in [2.75, 3.05) is 6.54 Å². The molecule has 0 aliphatic heterocycles. The van der Waals surface area contributed by atoms with E-state index in [0.717, 1.165) is 24.5 Å². The minimum absolute atomic E-state index is 0.789. The lowest BCUT2D eigenvalue weighted by Gasteiger charge is -2.13. The highest BCUT2D eigenvalue weighted by atomic mass is 35.5. The van der Waals surface area contributed by atoms with Crippen molar-refractivity contribution < 1.29 is 0 Å². The molecule has 0 bridgehead atoms. The maximum absolute atomic E-state index is 6.18. The highest BCUT2D eigenvalue weighted by Crippen LogP contribution is 2.28. The second kappa shape index (κ2) is 6.92. The highest BCUT2D eigenvalue weighted by molar-refractivity contribution is 6.30. The van der Waals surface area contributed by atoms with E-state index in [9.17, 15) is 0 Å². The first-order valence-electron chi connectivity index (χ1n) is 7.18. The van der Waals surface area contributed by atoms with Crippen LogP contribution in [0.25, 0.3) is 11.1 Å². The van der Waals surface area contributed by atoms with E-state index in [1.165, 1.54) is 27.8 Å². The van der Waals surface area contributed by atoms with Crippen LogP contribution in [0.2, 0.25) is 5.02 Å². The monoisotopic (exact) mass is 287 g/mol. The first-order valence-corrected chi connectivity index (χ1v) is 7.56. The molecule has 106 valence electrons. The fourth-order valence-corrected chi connectivity index (χ4v) is 2.45. The Morgan fingerprint density at radius 1 is 1.00 bits per heavy atom. The van der Waals surface area contributed by atoms with Gasteiger partial charge in [-0.1, -0.05) is 42.8 Å². The van der Waals surface area contributed by atoms with Crippen LogP contribution >= 0.6 is 11.6 Å². The van der Waals surface area contributed by atoms with Crippen LogP contribution in [0, 0.1) is 13.8 Å². The summed E-state index contributed by atoms with van der Waals surface area (Å²) in [5.74, 6) is 0. The molecule has 1 nitrogen and oxygen atoms in total. The minimum Gasteiger partial charge on any atom is -0.313 e. The van der Waals surface area contributed by atoms with Crippen molar-refractivity contribution >= 4 is 11.6 Å². The third-order valence-electron chi connectivity index (χ3n) is 3.63. The van der Waals surface area contributed by atoms with Gasteiger partial charge in [0.25, 0.3) is 0 Å². The Morgan fingerprint density at radius 3 is 2.50 bits per heavy atom. The molecule has 0 spiro atoms. The van der Waals surface area contributed by atoms with Gasteiger partial charge in [-0.25, -0.2) is 0 Å². The number of benzene rings is 2. The quantitative estimate of drug-likeness (QED) is 0.752. The zero-order chi connectivity index (χ0) is 14.5. The topological polar surface area (TPSA) is 12.0 Å². The molecular weight excluding hydrogens is 266 g/mol. The van der Waals surface area contributed by atoms with Gasteiger partial charge >= 0.3 is 0 Å². The predicted molar refractivity (Wildman–Crippen MR) is 88.4 cm³/mol. The van der Waals surface area contributed by atoms with Gasteiger partial charge in [0, 0.05) is 11.6 Å². The van der Waals surface area contributed by atoms with Gasteiger partial charge in [0.1, 0.15) is 0 Å². The molecule has 2 heteroatoms. The SMILES string of the molecule is CCCNCc1ccc(Cl)cc1-c1ccc(C)c(C)c1. The zero-order valence-corrected chi connectivity index (χ0v) is 13.2. The van der Waals surface area contributed by atoms with Crippen molar-refractivity contribution in [2.45, 2.75) is 33.7 Å². The second-order valence-electron chi connectivity index (χ2n) is 5.28. The molecule has 0 amide bonds. The van der Waals surface area contributed by atoms with Crippen LogP contribution in [0.1, 0.15) is 30.0 Å². The Labute approximate surface area is 127 Å². The molecule has 2 aromatic rings. The van der Waals surface area contributed by atoms with Gasteiger partial charge in [-0.3, -0.25) is 0 Å². The molecule has 1 N–H and O–H groups in total. The summed E-state index contributed by atoms with van der Waals surface area (Å²) in [5.41, 5.74) is 6.40. The summed E-state index contributed by atoms with van der Waals surface area (Å²) >= 11 is 6.18. The van der Waals surface area contributed by atoms with E-state index in [1.807, 2.05) is 6.07 Å². The molecule has 0 saturated carbocycles. The molecule has 0 heterocycles. The maximum atomic E-state index is 6.18. The van der Waals surface area contributed by atoms with Crippen molar-refractivity contribution in [3.05, 3.63) is 58.1 Å². The van der Waals surface area contributed by atoms with Crippen LogP contribution < -0.4 is 5.32 Å². The van der Waals surface area contributed by atoms with Gasteiger partial charge in [0.05, 0.1) is 0 Å². The maximum Gasteiger partial charge on any atom is 0.0412 e. The summed E-state index contributed by atoms with van der Waals surface area (Å²) in [7, 11) is 0. The van der Waals surface area contributed by atoms with Gasteiger partial charge in [0.2, 0.25) is 0 Å². The summed E-state index contributed by atoms with van der Waals surface area (Å²) in [6.07, 6.45) is 1.15. The van der Waals surface area contributed by atoms with Crippen LogP contribution in [-0.2, 0) is 6.54 Å². The smallest absolute Gasteiger partial charge is 0.0412 e. The average molecular weight is 288 g/mol. The van der Waals surface area contributed by atoms with E-state index < -0.39 is 0 Å². The number of hydrogen-bond donors (Lipinski definition) is 1. The van der Waals surface area contributed by atoms with E-state index in [2.05, 4.69) is 56.4 Å². The Hall–Kier alpha value is -1.31. The molecule has 0 unspecified atom stereocenters. The number of halogens is 1. The largest absolute Gasteiger partial charge is 0.313 e. The van der Waals surface area contributed by atoms with E-state index in [-0.39, 0.29) is 0 Å². The summed E-state index contributed by atoms with van der Waals surface area (Å²) in [6.45, 7) is 8.39. The van der Waals surface area contributed by atoms with Crippen molar-refractivity contribution in [1.82, 2.24) is 5.32 Å². The standard InChI is InChI=1S/C18H22ClN/c1-4-9-20-12-16-7-8-17(19)11-18(16)15-6-5-13(2)14(3)10-15/h5-8,10-11,20H,4,9,12H2,1-3H3. The Bertz CT molecular complexity index is 590. The highest BCUT2D eigenvalue weighted by Gasteiger charge is 2.07. The van der Waals surface area contributed by atoms with Gasteiger partial charge < -0.3 is 5.32 Å².